The fourth-order valence-electron chi connectivity index (χ4n) is 3.89. The van der Waals surface area contributed by atoms with Crippen molar-refractivity contribution in [3.8, 4) is 0 Å². The van der Waals surface area contributed by atoms with Crippen LogP contribution in [-0.2, 0) is 18.9 Å². The summed E-state index contributed by atoms with van der Waals surface area (Å²) in [5.41, 5.74) is 0. The molecule has 1 aromatic carbocycles. The molecule has 0 aliphatic carbocycles. The van der Waals surface area contributed by atoms with Gasteiger partial charge in [0.15, 0.2) is 12.6 Å². The van der Waals surface area contributed by atoms with Gasteiger partial charge in [0.2, 0.25) is 0 Å². The Morgan fingerprint density at radius 2 is 1.09 bits per heavy atom. The lowest BCUT2D eigenvalue weighted by Gasteiger charge is -2.22. The minimum Gasteiger partial charge on any atom is -0.353 e. The summed E-state index contributed by atoms with van der Waals surface area (Å²) in [4.78, 5) is 2.76. The third-order valence-corrected chi connectivity index (χ3v) is 8.02. The topological polar surface area (TPSA) is 36.9 Å². The van der Waals surface area contributed by atoms with Gasteiger partial charge in [-0.05, 0) is 100.0 Å². The van der Waals surface area contributed by atoms with Crippen LogP contribution in [0.25, 0.3) is 0 Å². The Labute approximate surface area is 203 Å². The zero-order valence-electron chi connectivity index (χ0n) is 19.6. The fourth-order valence-corrected chi connectivity index (χ4v) is 5.71. The largest absolute Gasteiger partial charge is 0.353 e. The van der Waals surface area contributed by atoms with Crippen molar-refractivity contribution in [1.82, 2.24) is 0 Å². The van der Waals surface area contributed by atoms with Crippen molar-refractivity contribution < 1.29 is 18.9 Å². The van der Waals surface area contributed by atoms with Gasteiger partial charge in [-0.15, -0.1) is 23.5 Å². The Kier molecular flexibility index (Phi) is 14.2. The van der Waals surface area contributed by atoms with Crippen LogP contribution in [0.15, 0.2) is 34.1 Å². The average Bonchev–Trinajstić information content (AvgIpc) is 2.85. The van der Waals surface area contributed by atoms with Gasteiger partial charge < -0.3 is 18.9 Å². The lowest BCUT2D eigenvalue weighted by Crippen LogP contribution is -2.22. The van der Waals surface area contributed by atoms with Gasteiger partial charge in [0.1, 0.15) is 0 Å². The molecule has 0 radical (unpaired) electrons. The van der Waals surface area contributed by atoms with Gasteiger partial charge in [-0.25, -0.2) is 0 Å². The quantitative estimate of drug-likeness (QED) is 0.182. The lowest BCUT2D eigenvalue weighted by molar-refractivity contribution is -0.163. The van der Waals surface area contributed by atoms with Crippen LogP contribution >= 0.6 is 23.5 Å². The number of rotatable bonds is 16. The number of hydrogen-bond donors (Lipinski definition) is 0. The summed E-state index contributed by atoms with van der Waals surface area (Å²) in [5.74, 6) is 2.36. The summed E-state index contributed by atoms with van der Waals surface area (Å²) in [6.45, 7) is 3.40. The van der Waals surface area contributed by atoms with E-state index in [0.29, 0.717) is 0 Å². The van der Waals surface area contributed by atoms with Crippen LogP contribution in [0.1, 0.15) is 77.0 Å². The molecule has 2 saturated heterocycles. The van der Waals surface area contributed by atoms with Crippen molar-refractivity contribution in [3.63, 3.8) is 0 Å². The van der Waals surface area contributed by atoms with Crippen LogP contribution in [0.3, 0.4) is 0 Å². The Morgan fingerprint density at radius 3 is 1.50 bits per heavy atom. The number of benzene rings is 1. The minimum atomic E-state index is 0.0601. The van der Waals surface area contributed by atoms with E-state index in [1.165, 1.54) is 72.7 Å². The maximum Gasteiger partial charge on any atom is 0.157 e. The average molecular weight is 483 g/mol. The molecule has 2 aliphatic heterocycles. The normalized spacial score (nSPS) is 21.6. The summed E-state index contributed by atoms with van der Waals surface area (Å²) < 4.78 is 22.8. The lowest BCUT2D eigenvalue weighted by atomic mass is 10.2. The molecular weight excluding hydrogens is 440 g/mol. The Morgan fingerprint density at radius 1 is 0.625 bits per heavy atom. The van der Waals surface area contributed by atoms with Crippen molar-refractivity contribution in [2.75, 3.05) is 37.9 Å². The summed E-state index contributed by atoms with van der Waals surface area (Å²) in [6, 6.07) is 9.09. The summed E-state index contributed by atoms with van der Waals surface area (Å²) in [6.07, 6.45) is 14.3. The second-order valence-electron chi connectivity index (χ2n) is 8.62. The first-order chi connectivity index (χ1) is 15.9. The molecule has 4 nitrogen and oxygen atoms in total. The predicted octanol–water partition coefficient (Wildman–Crippen LogP) is 7.30. The van der Waals surface area contributed by atoms with Gasteiger partial charge in [-0.1, -0.05) is 12.8 Å². The molecule has 2 aliphatic rings. The van der Waals surface area contributed by atoms with Gasteiger partial charge >= 0.3 is 0 Å². The molecule has 0 spiro atoms. The number of unbranched alkanes of at least 4 members (excludes halogenated alkanes) is 4. The van der Waals surface area contributed by atoms with E-state index in [1.54, 1.807) is 0 Å². The van der Waals surface area contributed by atoms with E-state index in [-0.39, 0.29) is 12.6 Å². The van der Waals surface area contributed by atoms with Gasteiger partial charge in [0.05, 0.1) is 0 Å². The van der Waals surface area contributed by atoms with Crippen LogP contribution in [-0.4, -0.2) is 50.5 Å². The highest BCUT2D eigenvalue weighted by Crippen LogP contribution is 2.25. The summed E-state index contributed by atoms with van der Waals surface area (Å²) in [7, 11) is 0. The fraction of sp³-hybridized carbons (Fsp3) is 0.769. The summed E-state index contributed by atoms with van der Waals surface area (Å²) >= 11 is 3.93. The number of ether oxygens (including phenoxy) is 4. The van der Waals surface area contributed by atoms with Crippen LogP contribution in [0, 0.1) is 0 Å². The second kappa shape index (κ2) is 17.2. The highest BCUT2D eigenvalue weighted by molar-refractivity contribution is 7.99. The first-order valence-electron chi connectivity index (χ1n) is 12.7. The second-order valence-corrected chi connectivity index (χ2v) is 11.0. The first-order valence-corrected chi connectivity index (χ1v) is 14.7. The molecular formula is C26H42O4S2. The molecule has 2 unspecified atom stereocenters. The molecule has 3 rings (SSSR count). The maximum atomic E-state index is 5.80. The van der Waals surface area contributed by atoms with Gasteiger partial charge in [-0.2, -0.15) is 0 Å². The molecule has 6 heteroatoms. The molecule has 0 bridgehead atoms. The Balaban J connectivity index is 1.12. The number of hydrogen-bond acceptors (Lipinski definition) is 6. The van der Waals surface area contributed by atoms with E-state index in [9.17, 15) is 0 Å². The number of thioether (sulfide) groups is 2. The standard InChI is InChI=1S/C26H42O4S2/c1(5-17-27-25-11-3-7-19-29-25)9-21-31-23-13-15-24(16-14-23)32-22-10-2-6-18-28-26-12-4-8-20-30-26/h13-16,25-26H,1-12,17-22H2. The van der Waals surface area contributed by atoms with Crippen molar-refractivity contribution in [1.29, 1.82) is 0 Å². The molecule has 2 fully saturated rings. The van der Waals surface area contributed by atoms with E-state index >= 15 is 0 Å². The Hall–Kier alpha value is -0.240. The molecule has 32 heavy (non-hydrogen) atoms. The van der Waals surface area contributed by atoms with E-state index in [0.717, 1.165) is 52.1 Å². The zero-order chi connectivity index (χ0) is 22.1. The molecule has 182 valence electrons. The molecule has 0 saturated carbocycles. The Bertz CT molecular complexity index is 521. The SMILES string of the molecule is c1cc(SCCCCCOC2CCCCO2)ccc1SCCCCCOC1CCCCO1. The molecule has 0 aromatic heterocycles. The van der Waals surface area contributed by atoms with Gasteiger partial charge in [0, 0.05) is 36.2 Å². The van der Waals surface area contributed by atoms with E-state index in [1.807, 2.05) is 23.5 Å². The van der Waals surface area contributed by atoms with Crippen LogP contribution in [0.5, 0.6) is 0 Å². The van der Waals surface area contributed by atoms with Crippen molar-refractivity contribution in [3.05, 3.63) is 24.3 Å². The van der Waals surface area contributed by atoms with Crippen molar-refractivity contribution in [2.45, 2.75) is 99.4 Å². The highest BCUT2D eigenvalue weighted by atomic mass is 32.2. The maximum absolute atomic E-state index is 5.80. The van der Waals surface area contributed by atoms with Crippen LogP contribution in [0.4, 0.5) is 0 Å². The van der Waals surface area contributed by atoms with E-state index in [4.69, 9.17) is 18.9 Å². The van der Waals surface area contributed by atoms with Crippen molar-refractivity contribution >= 4 is 23.5 Å². The van der Waals surface area contributed by atoms with Gasteiger partial charge in [-0.3, -0.25) is 0 Å². The highest BCUT2D eigenvalue weighted by Gasteiger charge is 2.14. The van der Waals surface area contributed by atoms with Crippen LogP contribution in [0.2, 0.25) is 0 Å². The molecule has 1 aromatic rings. The van der Waals surface area contributed by atoms with E-state index < -0.39 is 0 Å². The smallest absolute Gasteiger partial charge is 0.157 e. The minimum absolute atomic E-state index is 0.0601. The third-order valence-electron chi connectivity index (χ3n) is 5.82. The molecule has 2 heterocycles. The monoisotopic (exact) mass is 482 g/mol. The van der Waals surface area contributed by atoms with E-state index in [2.05, 4.69) is 24.3 Å². The summed E-state index contributed by atoms with van der Waals surface area (Å²) in [5, 5.41) is 0. The van der Waals surface area contributed by atoms with Gasteiger partial charge in [0.25, 0.3) is 0 Å². The zero-order valence-corrected chi connectivity index (χ0v) is 21.3. The third kappa shape index (κ3) is 11.8. The molecule has 0 N–H and O–H groups in total. The predicted molar refractivity (Wildman–Crippen MR) is 135 cm³/mol. The molecule has 2 atom stereocenters. The van der Waals surface area contributed by atoms with Crippen LogP contribution < -0.4 is 0 Å². The molecule has 0 amide bonds. The van der Waals surface area contributed by atoms with Crippen molar-refractivity contribution in [2.24, 2.45) is 0 Å². The first kappa shape index (κ1) is 26.4.